The molecule has 3 N–H and O–H groups in total. The van der Waals surface area contributed by atoms with Crippen LogP contribution in [-0.4, -0.2) is 47.9 Å². The van der Waals surface area contributed by atoms with Gasteiger partial charge in [-0.05, 0) is 80.7 Å². The molecule has 2 aliphatic heterocycles. The Morgan fingerprint density at radius 1 is 1.11 bits per heavy atom. The standard InChI is InChI=1S/C28H29FN4O2/c1-16-24(31-17(2)25(16)28(35)33(3)20-10-12-30-13-11-20)15-22-26-21(18-6-4-7-19(29)14-18)8-5-9-23(26)32-27(22)34/h4-9,14-15,20,30-31H,10-13H2,1-3H3,(H,32,34). The second-order valence-electron chi connectivity index (χ2n) is 9.31. The van der Waals surface area contributed by atoms with E-state index in [1.165, 1.54) is 12.1 Å². The molecule has 2 amide bonds. The molecule has 0 spiro atoms. The van der Waals surface area contributed by atoms with Crippen LogP contribution >= 0.6 is 0 Å². The fourth-order valence-electron chi connectivity index (χ4n) is 5.20. The van der Waals surface area contributed by atoms with Crippen LogP contribution in [0.4, 0.5) is 10.1 Å². The minimum atomic E-state index is -0.334. The first-order valence-electron chi connectivity index (χ1n) is 11.9. The molecule has 2 aliphatic rings. The summed E-state index contributed by atoms with van der Waals surface area (Å²) < 4.78 is 14.0. The molecule has 1 fully saturated rings. The molecule has 0 radical (unpaired) electrons. The lowest BCUT2D eigenvalue weighted by Crippen LogP contribution is -2.44. The average molecular weight is 473 g/mol. The van der Waals surface area contributed by atoms with E-state index >= 15 is 0 Å². The molecule has 0 aliphatic carbocycles. The van der Waals surface area contributed by atoms with E-state index in [4.69, 9.17) is 0 Å². The molecule has 0 saturated carbocycles. The summed E-state index contributed by atoms with van der Waals surface area (Å²) in [6, 6.07) is 12.1. The second kappa shape index (κ2) is 9.15. The number of aromatic amines is 1. The predicted octanol–water partition coefficient (Wildman–Crippen LogP) is 4.75. The Kier molecular flexibility index (Phi) is 6.03. The molecule has 2 aromatic carbocycles. The van der Waals surface area contributed by atoms with Crippen molar-refractivity contribution in [2.24, 2.45) is 0 Å². The smallest absolute Gasteiger partial charge is 0.256 e. The van der Waals surface area contributed by atoms with Gasteiger partial charge in [0.2, 0.25) is 0 Å². The van der Waals surface area contributed by atoms with Gasteiger partial charge >= 0.3 is 0 Å². The van der Waals surface area contributed by atoms with Gasteiger partial charge < -0.3 is 20.5 Å². The number of nitrogens with one attached hydrogen (secondary N) is 3. The van der Waals surface area contributed by atoms with Gasteiger partial charge in [-0.25, -0.2) is 4.39 Å². The molecular weight excluding hydrogens is 443 g/mol. The number of hydrogen-bond donors (Lipinski definition) is 3. The summed E-state index contributed by atoms with van der Waals surface area (Å²) in [4.78, 5) is 31.6. The van der Waals surface area contributed by atoms with E-state index in [-0.39, 0.29) is 23.7 Å². The number of H-pyrrole nitrogens is 1. The molecule has 0 bridgehead atoms. The number of amides is 2. The lowest BCUT2D eigenvalue weighted by atomic mass is 9.94. The lowest BCUT2D eigenvalue weighted by Gasteiger charge is -2.31. The number of benzene rings is 2. The van der Waals surface area contributed by atoms with Gasteiger partial charge in [-0.2, -0.15) is 0 Å². The molecule has 3 heterocycles. The number of piperidine rings is 1. The van der Waals surface area contributed by atoms with Crippen LogP contribution in [0.3, 0.4) is 0 Å². The molecule has 35 heavy (non-hydrogen) atoms. The molecule has 1 saturated heterocycles. The molecule has 7 heteroatoms. The summed E-state index contributed by atoms with van der Waals surface area (Å²) >= 11 is 0. The van der Waals surface area contributed by atoms with Crippen molar-refractivity contribution in [2.45, 2.75) is 32.7 Å². The normalized spacial score (nSPS) is 16.9. The quantitative estimate of drug-likeness (QED) is 0.480. The van der Waals surface area contributed by atoms with Crippen molar-refractivity contribution in [3.8, 4) is 11.1 Å². The van der Waals surface area contributed by atoms with Crippen molar-refractivity contribution in [2.75, 3.05) is 25.5 Å². The van der Waals surface area contributed by atoms with E-state index in [2.05, 4.69) is 15.6 Å². The molecule has 0 unspecified atom stereocenters. The van der Waals surface area contributed by atoms with Crippen molar-refractivity contribution < 1.29 is 14.0 Å². The summed E-state index contributed by atoms with van der Waals surface area (Å²) in [7, 11) is 1.87. The largest absolute Gasteiger partial charge is 0.358 e. The number of aromatic nitrogens is 1. The highest BCUT2D eigenvalue weighted by atomic mass is 19.1. The molecule has 5 rings (SSSR count). The number of halogens is 1. The molecule has 3 aromatic rings. The van der Waals surface area contributed by atoms with E-state index in [0.717, 1.165) is 54.0 Å². The number of nitrogens with zero attached hydrogens (tertiary/aromatic N) is 1. The highest BCUT2D eigenvalue weighted by Crippen LogP contribution is 2.41. The Bertz CT molecular complexity index is 1350. The number of rotatable bonds is 4. The topological polar surface area (TPSA) is 77.2 Å². The maximum absolute atomic E-state index is 14.0. The summed E-state index contributed by atoms with van der Waals surface area (Å²) in [5, 5.41) is 6.26. The van der Waals surface area contributed by atoms with Gasteiger partial charge in [-0.1, -0.05) is 24.3 Å². The van der Waals surface area contributed by atoms with Crippen LogP contribution in [-0.2, 0) is 4.79 Å². The van der Waals surface area contributed by atoms with Gasteiger partial charge in [-0.3, -0.25) is 9.59 Å². The Labute approximate surface area is 204 Å². The van der Waals surface area contributed by atoms with Crippen LogP contribution in [0.1, 0.15) is 45.7 Å². The number of carbonyl (C=O) groups excluding carboxylic acids is 2. The van der Waals surface area contributed by atoms with E-state index < -0.39 is 0 Å². The van der Waals surface area contributed by atoms with Gasteiger partial charge in [0.05, 0.1) is 11.1 Å². The summed E-state index contributed by atoms with van der Waals surface area (Å²) in [6.07, 6.45) is 3.66. The first-order chi connectivity index (χ1) is 16.8. The van der Waals surface area contributed by atoms with Crippen LogP contribution < -0.4 is 10.6 Å². The van der Waals surface area contributed by atoms with Crippen molar-refractivity contribution in [1.29, 1.82) is 0 Å². The molecule has 6 nitrogen and oxygen atoms in total. The van der Waals surface area contributed by atoms with Crippen LogP contribution in [0.5, 0.6) is 0 Å². The third-order valence-electron chi connectivity index (χ3n) is 7.12. The number of aryl methyl sites for hydroxylation is 1. The van der Waals surface area contributed by atoms with Gasteiger partial charge in [-0.15, -0.1) is 0 Å². The predicted molar refractivity (Wildman–Crippen MR) is 137 cm³/mol. The number of anilines is 1. The van der Waals surface area contributed by atoms with E-state index in [1.54, 1.807) is 12.1 Å². The first kappa shape index (κ1) is 23.1. The van der Waals surface area contributed by atoms with Crippen LogP contribution in [0.25, 0.3) is 22.8 Å². The maximum Gasteiger partial charge on any atom is 0.256 e. The van der Waals surface area contributed by atoms with Gasteiger partial charge in [0, 0.05) is 35.7 Å². The van der Waals surface area contributed by atoms with E-state index in [9.17, 15) is 14.0 Å². The Morgan fingerprint density at radius 2 is 1.86 bits per heavy atom. The van der Waals surface area contributed by atoms with Crippen molar-refractivity contribution in [3.05, 3.63) is 76.4 Å². The molecule has 0 atom stereocenters. The summed E-state index contributed by atoms with van der Waals surface area (Å²) in [5.41, 5.74) is 6.32. The molecule has 180 valence electrons. The molecular formula is C28H29FN4O2. The second-order valence-corrected chi connectivity index (χ2v) is 9.31. The van der Waals surface area contributed by atoms with Gasteiger partial charge in [0.1, 0.15) is 5.82 Å². The van der Waals surface area contributed by atoms with Gasteiger partial charge in [0.15, 0.2) is 0 Å². The summed E-state index contributed by atoms with van der Waals surface area (Å²) in [5.74, 6) is -0.570. The van der Waals surface area contributed by atoms with Crippen LogP contribution in [0.15, 0.2) is 42.5 Å². The minimum Gasteiger partial charge on any atom is -0.358 e. The zero-order valence-electron chi connectivity index (χ0n) is 20.2. The minimum absolute atomic E-state index is 0.00970. The molecule has 1 aromatic heterocycles. The fraction of sp³-hybridized carbons (Fsp3) is 0.286. The third kappa shape index (κ3) is 4.17. The van der Waals surface area contributed by atoms with Crippen LogP contribution in [0.2, 0.25) is 0 Å². The maximum atomic E-state index is 14.0. The first-order valence-corrected chi connectivity index (χ1v) is 11.9. The van der Waals surface area contributed by atoms with Crippen molar-refractivity contribution >= 4 is 29.2 Å². The zero-order valence-corrected chi connectivity index (χ0v) is 20.2. The third-order valence-corrected chi connectivity index (χ3v) is 7.12. The number of carbonyl (C=O) groups is 2. The fourth-order valence-corrected chi connectivity index (χ4v) is 5.20. The van der Waals surface area contributed by atoms with Crippen molar-refractivity contribution in [1.82, 2.24) is 15.2 Å². The lowest BCUT2D eigenvalue weighted by molar-refractivity contribution is -0.110. The Balaban J connectivity index is 1.55. The van der Waals surface area contributed by atoms with E-state index in [0.29, 0.717) is 22.4 Å². The zero-order chi connectivity index (χ0) is 24.7. The van der Waals surface area contributed by atoms with E-state index in [1.807, 2.05) is 50.1 Å². The average Bonchev–Trinajstić information content (AvgIpc) is 3.33. The highest BCUT2D eigenvalue weighted by Gasteiger charge is 2.30. The van der Waals surface area contributed by atoms with Crippen LogP contribution in [0, 0.1) is 19.7 Å². The van der Waals surface area contributed by atoms with Crippen molar-refractivity contribution in [3.63, 3.8) is 0 Å². The SMILES string of the molecule is Cc1[nH]c(C=C2C(=O)Nc3cccc(-c4cccc(F)c4)c32)c(C)c1C(=O)N(C)C1CCNCC1. The number of fused-ring (bicyclic) bond motifs is 1. The Hall–Kier alpha value is -3.71. The highest BCUT2D eigenvalue weighted by molar-refractivity contribution is 6.36. The summed E-state index contributed by atoms with van der Waals surface area (Å²) in [6.45, 7) is 5.62. The van der Waals surface area contributed by atoms with Gasteiger partial charge in [0.25, 0.3) is 11.8 Å². The monoisotopic (exact) mass is 472 g/mol. The number of hydrogen-bond acceptors (Lipinski definition) is 3. The Morgan fingerprint density at radius 3 is 2.60 bits per heavy atom.